The fourth-order valence-electron chi connectivity index (χ4n) is 4.35. The predicted octanol–water partition coefficient (Wildman–Crippen LogP) is 6.75. The van der Waals surface area contributed by atoms with Gasteiger partial charge in [-0.2, -0.15) is 23.5 Å². The van der Waals surface area contributed by atoms with Crippen LogP contribution in [0.1, 0.15) is 44.5 Å². The summed E-state index contributed by atoms with van der Waals surface area (Å²) in [4.78, 5) is 0. The summed E-state index contributed by atoms with van der Waals surface area (Å²) in [5.74, 6) is 4.44. The first kappa shape index (κ1) is 18.4. The molecule has 5 aliphatic rings. The van der Waals surface area contributed by atoms with E-state index in [1.807, 2.05) is 0 Å². The van der Waals surface area contributed by atoms with Gasteiger partial charge in [-0.3, -0.25) is 0 Å². The van der Waals surface area contributed by atoms with Crippen molar-refractivity contribution >= 4 is 23.5 Å². The number of fused-ring (bicyclic) bond motifs is 2. The van der Waals surface area contributed by atoms with E-state index in [-0.39, 0.29) is 0 Å². The molecule has 0 amide bonds. The molecule has 0 aromatic heterocycles. The number of rotatable bonds is 0. The molecule has 8 bridgehead atoms. The fourth-order valence-corrected chi connectivity index (χ4v) is 6.36. The molecule has 2 heteroatoms. The van der Waals surface area contributed by atoms with Crippen molar-refractivity contribution in [3.63, 3.8) is 0 Å². The standard InChI is InChI=1S/C26H26S2/c1-2-21-12-22(3-1)16-28-18-26-14-20-5-4-19-6-8-23(10-11-24(26)9-7-20)25(13-19)17-27-15-21/h1-3,6-9,12-14H,4-5,10-11,15-18H2. The van der Waals surface area contributed by atoms with Crippen LogP contribution in [0.2, 0.25) is 0 Å². The largest absolute Gasteiger partial charge is 0.152 e. The second-order valence-corrected chi connectivity index (χ2v) is 9.98. The number of hydrogen-bond donors (Lipinski definition) is 0. The Hall–Kier alpha value is -1.64. The van der Waals surface area contributed by atoms with E-state index < -0.39 is 0 Å². The zero-order valence-corrected chi connectivity index (χ0v) is 17.9. The molecule has 0 spiro atoms. The van der Waals surface area contributed by atoms with Gasteiger partial charge in [-0.25, -0.2) is 0 Å². The molecule has 0 N–H and O–H groups in total. The maximum Gasteiger partial charge on any atom is 0.0190 e. The van der Waals surface area contributed by atoms with Gasteiger partial charge in [0.15, 0.2) is 0 Å². The van der Waals surface area contributed by atoms with Gasteiger partial charge in [0.05, 0.1) is 0 Å². The highest BCUT2D eigenvalue weighted by Crippen LogP contribution is 2.29. The second kappa shape index (κ2) is 8.39. The monoisotopic (exact) mass is 402 g/mol. The molecule has 3 aromatic carbocycles. The lowest BCUT2D eigenvalue weighted by Gasteiger charge is -2.17. The van der Waals surface area contributed by atoms with Crippen LogP contribution >= 0.6 is 23.5 Å². The Balaban J connectivity index is 1.56. The van der Waals surface area contributed by atoms with Crippen molar-refractivity contribution in [1.82, 2.24) is 0 Å². The molecule has 8 rings (SSSR count). The molecule has 0 radical (unpaired) electrons. The molecule has 0 nitrogen and oxygen atoms in total. The first-order chi connectivity index (χ1) is 13.8. The minimum absolute atomic E-state index is 1.10. The van der Waals surface area contributed by atoms with Gasteiger partial charge >= 0.3 is 0 Å². The van der Waals surface area contributed by atoms with Gasteiger partial charge in [-0.1, -0.05) is 60.7 Å². The minimum Gasteiger partial charge on any atom is -0.152 e. The summed E-state index contributed by atoms with van der Waals surface area (Å²) in [6, 6.07) is 23.7. The highest BCUT2D eigenvalue weighted by Gasteiger charge is 2.12. The van der Waals surface area contributed by atoms with Gasteiger partial charge in [-0.05, 0) is 70.2 Å². The zero-order chi connectivity index (χ0) is 18.8. The average molecular weight is 403 g/mol. The van der Waals surface area contributed by atoms with Crippen LogP contribution in [-0.4, -0.2) is 0 Å². The Morgan fingerprint density at radius 1 is 0.429 bits per heavy atom. The summed E-state index contributed by atoms with van der Waals surface area (Å²) in [7, 11) is 0. The summed E-state index contributed by atoms with van der Waals surface area (Å²) in [5.41, 5.74) is 12.1. The molecular weight excluding hydrogens is 376 g/mol. The van der Waals surface area contributed by atoms with E-state index in [4.69, 9.17) is 0 Å². The van der Waals surface area contributed by atoms with Gasteiger partial charge in [0, 0.05) is 23.0 Å². The molecule has 142 valence electrons. The highest BCUT2D eigenvalue weighted by molar-refractivity contribution is 7.98. The van der Waals surface area contributed by atoms with Gasteiger partial charge in [0.1, 0.15) is 0 Å². The molecule has 0 atom stereocenters. The first-order valence-electron chi connectivity index (χ1n) is 10.3. The third kappa shape index (κ3) is 4.18. The Labute approximate surface area is 177 Å². The maximum absolute atomic E-state index is 2.49. The van der Waals surface area contributed by atoms with Crippen LogP contribution in [0, 0.1) is 0 Å². The van der Waals surface area contributed by atoms with E-state index in [0.29, 0.717) is 0 Å². The lowest BCUT2D eigenvalue weighted by molar-refractivity contribution is 0.900. The molecule has 0 fully saturated rings. The summed E-state index contributed by atoms with van der Waals surface area (Å²) in [6.07, 6.45) is 4.59. The molecule has 1 heterocycles. The molecule has 0 saturated heterocycles. The quantitative estimate of drug-likeness (QED) is 0.408. The van der Waals surface area contributed by atoms with E-state index in [2.05, 4.69) is 84.2 Å². The van der Waals surface area contributed by atoms with Crippen molar-refractivity contribution in [2.45, 2.75) is 48.7 Å². The Morgan fingerprint density at radius 2 is 0.964 bits per heavy atom. The van der Waals surface area contributed by atoms with Crippen LogP contribution in [0.4, 0.5) is 0 Å². The van der Waals surface area contributed by atoms with Gasteiger partial charge in [0.25, 0.3) is 0 Å². The van der Waals surface area contributed by atoms with Crippen LogP contribution in [0.25, 0.3) is 0 Å². The molecular formula is C26H26S2. The number of thioether (sulfide) groups is 2. The average Bonchev–Trinajstić information content (AvgIpc) is 2.71. The molecule has 4 aliphatic carbocycles. The van der Waals surface area contributed by atoms with Crippen LogP contribution in [0.3, 0.4) is 0 Å². The summed E-state index contributed by atoms with van der Waals surface area (Å²) < 4.78 is 0. The molecule has 0 unspecified atom stereocenters. The summed E-state index contributed by atoms with van der Waals surface area (Å²) in [5, 5.41) is 0. The van der Waals surface area contributed by atoms with Crippen molar-refractivity contribution in [2.24, 2.45) is 0 Å². The number of benzene rings is 3. The lowest BCUT2D eigenvalue weighted by Crippen LogP contribution is -2.04. The smallest absolute Gasteiger partial charge is 0.0190 e. The van der Waals surface area contributed by atoms with Crippen molar-refractivity contribution in [2.75, 3.05) is 0 Å². The third-order valence-corrected chi connectivity index (χ3v) is 8.06. The lowest BCUT2D eigenvalue weighted by atomic mass is 9.92. The molecule has 3 aromatic rings. The van der Waals surface area contributed by atoms with E-state index in [9.17, 15) is 0 Å². The van der Waals surface area contributed by atoms with Gasteiger partial charge in [-0.15, -0.1) is 0 Å². The summed E-state index contributed by atoms with van der Waals surface area (Å²) >= 11 is 4.12. The van der Waals surface area contributed by atoms with E-state index in [1.165, 1.54) is 22.3 Å². The molecule has 1 aliphatic heterocycles. The number of aryl methyl sites for hydroxylation is 4. The van der Waals surface area contributed by atoms with Crippen LogP contribution < -0.4 is 0 Å². The van der Waals surface area contributed by atoms with Crippen LogP contribution in [-0.2, 0) is 48.7 Å². The molecule has 0 saturated carbocycles. The van der Waals surface area contributed by atoms with E-state index in [1.54, 1.807) is 22.3 Å². The van der Waals surface area contributed by atoms with Crippen molar-refractivity contribution in [3.05, 3.63) is 105 Å². The Kier molecular flexibility index (Phi) is 5.51. The van der Waals surface area contributed by atoms with E-state index in [0.717, 1.165) is 48.7 Å². The maximum atomic E-state index is 2.49. The summed E-state index contributed by atoms with van der Waals surface area (Å²) in [6.45, 7) is 0. The Bertz CT molecular complexity index is 913. The fraction of sp³-hybridized carbons (Fsp3) is 0.308. The zero-order valence-electron chi connectivity index (χ0n) is 16.2. The Morgan fingerprint density at radius 3 is 1.50 bits per heavy atom. The first-order valence-corrected chi connectivity index (χ1v) is 12.6. The topological polar surface area (TPSA) is 0 Å². The van der Waals surface area contributed by atoms with E-state index >= 15 is 0 Å². The highest BCUT2D eigenvalue weighted by atomic mass is 32.2. The number of hydrogen-bond acceptors (Lipinski definition) is 2. The van der Waals surface area contributed by atoms with Crippen molar-refractivity contribution in [1.29, 1.82) is 0 Å². The normalized spacial score (nSPS) is 16.6. The predicted molar refractivity (Wildman–Crippen MR) is 124 cm³/mol. The molecule has 28 heavy (non-hydrogen) atoms. The van der Waals surface area contributed by atoms with Crippen LogP contribution in [0.5, 0.6) is 0 Å². The van der Waals surface area contributed by atoms with Gasteiger partial charge in [0.2, 0.25) is 0 Å². The second-order valence-electron chi connectivity index (χ2n) is 8.01. The SMILES string of the molecule is c1cc2cc(c1)CSCc1cc3ccc1CCc1ccc(cc1CSC2)CC3. The third-order valence-electron chi connectivity index (χ3n) is 5.95. The van der Waals surface area contributed by atoms with Crippen LogP contribution in [0.15, 0.2) is 60.7 Å². The van der Waals surface area contributed by atoms with Crippen molar-refractivity contribution < 1.29 is 0 Å². The minimum atomic E-state index is 1.10. The van der Waals surface area contributed by atoms with Gasteiger partial charge < -0.3 is 0 Å². The van der Waals surface area contributed by atoms with Crippen molar-refractivity contribution in [3.8, 4) is 0 Å².